The van der Waals surface area contributed by atoms with Crippen molar-refractivity contribution in [2.45, 2.75) is 19.6 Å². The first-order valence-electron chi connectivity index (χ1n) is 9.32. The van der Waals surface area contributed by atoms with Gasteiger partial charge in [-0.05, 0) is 28.8 Å². The van der Waals surface area contributed by atoms with Gasteiger partial charge in [-0.3, -0.25) is 4.90 Å². The number of nitrogens with one attached hydrogen (secondary N) is 1. The number of urea groups is 1. The molecule has 1 saturated heterocycles. The number of benzene rings is 2. The topological polar surface area (TPSA) is 44.8 Å². The normalized spacial score (nSPS) is 14.7. The summed E-state index contributed by atoms with van der Waals surface area (Å²) in [6, 6.07) is 13.6. The molecule has 150 valence electrons. The lowest BCUT2D eigenvalue weighted by molar-refractivity contribution is 0.0342. The SMILES string of the molecule is CN(Cc1ccc(Cl)c(Cl)c1)C(=O)NCc1ccc(CN2CCOCC2)cc1. The Hall–Kier alpha value is -1.79. The lowest BCUT2D eigenvalue weighted by atomic mass is 10.1. The molecule has 0 bridgehead atoms. The molecule has 0 atom stereocenters. The largest absolute Gasteiger partial charge is 0.379 e. The summed E-state index contributed by atoms with van der Waals surface area (Å²) in [5.74, 6) is 0. The van der Waals surface area contributed by atoms with Crippen LogP contribution >= 0.6 is 23.2 Å². The van der Waals surface area contributed by atoms with Crippen molar-refractivity contribution < 1.29 is 9.53 Å². The minimum absolute atomic E-state index is 0.136. The summed E-state index contributed by atoms with van der Waals surface area (Å²) in [7, 11) is 1.75. The molecule has 28 heavy (non-hydrogen) atoms. The van der Waals surface area contributed by atoms with E-state index in [0.29, 0.717) is 23.1 Å². The van der Waals surface area contributed by atoms with Crippen LogP contribution < -0.4 is 5.32 Å². The standard InChI is InChI=1S/C21H25Cl2N3O2/c1-25(14-18-6-7-19(22)20(23)12-18)21(27)24-13-16-2-4-17(5-3-16)15-26-8-10-28-11-9-26/h2-7,12H,8-11,13-15H2,1H3,(H,24,27). The van der Waals surface area contributed by atoms with Crippen LogP contribution in [0.3, 0.4) is 0 Å². The van der Waals surface area contributed by atoms with E-state index in [1.165, 1.54) is 5.56 Å². The predicted octanol–water partition coefficient (Wildman–Crippen LogP) is 4.17. The van der Waals surface area contributed by atoms with Gasteiger partial charge in [-0.1, -0.05) is 53.5 Å². The Morgan fingerprint density at radius 2 is 1.68 bits per heavy atom. The van der Waals surface area contributed by atoms with E-state index in [1.54, 1.807) is 24.1 Å². The Bertz CT molecular complexity index is 793. The highest BCUT2D eigenvalue weighted by atomic mass is 35.5. The first kappa shape index (κ1) is 20.9. The fraction of sp³-hybridized carbons (Fsp3) is 0.381. The smallest absolute Gasteiger partial charge is 0.317 e. The van der Waals surface area contributed by atoms with Gasteiger partial charge in [0, 0.05) is 39.8 Å². The summed E-state index contributed by atoms with van der Waals surface area (Å²) >= 11 is 12.0. The first-order valence-corrected chi connectivity index (χ1v) is 10.1. The highest BCUT2D eigenvalue weighted by Crippen LogP contribution is 2.23. The van der Waals surface area contributed by atoms with E-state index >= 15 is 0 Å². The molecular formula is C21H25Cl2N3O2. The fourth-order valence-electron chi connectivity index (χ4n) is 3.08. The van der Waals surface area contributed by atoms with Gasteiger partial charge >= 0.3 is 6.03 Å². The van der Waals surface area contributed by atoms with Gasteiger partial charge in [-0.15, -0.1) is 0 Å². The molecule has 1 fully saturated rings. The van der Waals surface area contributed by atoms with Gasteiger partial charge in [0.15, 0.2) is 0 Å². The summed E-state index contributed by atoms with van der Waals surface area (Å²) in [5, 5.41) is 3.95. The van der Waals surface area contributed by atoms with Crippen molar-refractivity contribution in [3.8, 4) is 0 Å². The van der Waals surface area contributed by atoms with Crippen LogP contribution in [0.4, 0.5) is 4.79 Å². The van der Waals surface area contributed by atoms with Crippen LogP contribution in [0.25, 0.3) is 0 Å². The van der Waals surface area contributed by atoms with Crippen LogP contribution in [0.2, 0.25) is 10.0 Å². The zero-order chi connectivity index (χ0) is 19.9. The Morgan fingerprint density at radius 1 is 1.04 bits per heavy atom. The molecule has 0 unspecified atom stereocenters. The minimum Gasteiger partial charge on any atom is -0.379 e. The van der Waals surface area contributed by atoms with E-state index in [0.717, 1.165) is 44.0 Å². The van der Waals surface area contributed by atoms with Gasteiger partial charge in [0.25, 0.3) is 0 Å². The van der Waals surface area contributed by atoms with Crippen molar-refractivity contribution in [1.29, 1.82) is 0 Å². The van der Waals surface area contributed by atoms with Crippen LogP contribution in [0.1, 0.15) is 16.7 Å². The number of hydrogen-bond acceptors (Lipinski definition) is 3. The molecular weight excluding hydrogens is 397 g/mol. The predicted molar refractivity (Wildman–Crippen MR) is 113 cm³/mol. The molecule has 1 aliphatic heterocycles. The number of nitrogens with zero attached hydrogens (tertiary/aromatic N) is 2. The summed E-state index contributed by atoms with van der Waals surface area (Å²) in [5.41, 5.74) is 3.27. The molecule has 5 nitrogen and oxygen atoms in total. The van der Waals surface area contributed by atoms with E-state index < -0.39 is 0 Å². The summed E-state index contributed by atoms with van der Waals surface area (Å²) in [6.07, 6.45) is 0. The van der Waals surface area contributed by atoms with Gasteiger partial charge in [-0.2, -0.15) is 0 Å². The van der Waals surface area contributed by atoms with Gasteiger partial charge in [0.05, 0.1) is 23.3 Å². The van der Waals surface area contributed by atoms with E-state index in [2.05, 4.69) is 34.5 Å². The average Bonchev–Trinajstić information content (AvgIpc) is 2.71. The van der Waals surface area contributed by atoms with E-state index in [4.69, 9.17) is 27.9 Å². The Labute approximate surface area is 176 Å². The van der Waals surface area contributed by atoms with E-state index in [9.17, 15) is 4.79 Å². The summed E-state index contributed by atoms with van der Waals surface area (Å²) < 4.78 is 5.38. The third kappa shape index (κ3) is 6.11. The third-order valence-electron chi connectivity index (χ3n) is 4.73. The summed E-state index contributed by atoms with van der Waals surface area (Å²) in [6.45, 7) is 5.44. The number of amides is 2. The molecule has 2 aromatic carbocycles. The second-order valence-corrected chi connectivity index (χ2v) is 7.78. The molecule has 1 N–H and O–H groups in total. The van der Waals surface area contributed by atoms with Crippen LogP contribution in [-0.4, -0.2) is 49.2 Å². The minimum atomic E-state index is -0.136. The van der Waals surface area contributed by atoms with Gasteiger partial charge in [0.1, 0.15) is 0 Å². The van der Waals surface area contributed by atoms with Gasteiger partial charge < -0.3 is 15.0 Å². The number of carbonyl (C=O) groups is 1. The van der Waals surface area contributed by atoms with Crippen molar-refractivity contribution in [2.75, 3.05) is 33.4 Å². The number of ether oxygens (including phenoxy) is 1. The lowest BCUT2D eigenvalue weighted by Crippen LogP contribution is -2.36. The van der Waals surface area contributed by atoms with Crippen molar-refractivity contribution >= 4 is 29.2 Å². The highest BCUT2D eigenvalue weighted by Gasteiger charge is 2.12. The van der Waals surface area contributed by atoms with Crippen molar-refractivity contribution in [1.82, 2.24) is 15.1 Å². The maximum Gasteiger partial charge on any atom is 0.317 e. The molecule has 3 rings (SSSR count). The average molecular weight is 422 g/mol. The third-order valence-corrected chi connectivity index (χ3v) is 5.47. The van der Waals surface area contributed by atoms with E-state index in [1.807, 2.05) is 6.07 Å². The number of rotatable bonds is 6. The lowest BCUT2D eigenvalue weighted by Gasteiger charge is -2.26. The second-order valence-electron chi connectivity index (χ2n) is 6.97. The number of morpholine rings is 1. The Balaban J connectivity index is 1.46. The Morgan fingerprint density at radius 3 is 2.36 bits per heavy atom. The molecule has 2 aromatic rings. The molecule has 0 radical (unpaired) electrons. The van der Waals surface area contributed by atoms with Gasteiger partial charge in [-0.25, -0.2) is 4.79 Å². The zero-order valence-electron chi connectivity index (χ0n) is 16.0. The van der Waals surface area contributed by atoms with Crippen LogP contribution in [0.5, 0.6) is 0 Å². The van der Waals surface area contributed by atoms with E-state index in [-0.39, 0.29) is 6.03 Å². The van der Waals surface area contributed by atoms with Gasteiger partial charge in [0.2, 0.25) is 0 Å². The Kier molecular flexibility index (Phi) is 7.57. The van der Waals surface area contributed by atoms with Crippen LogP contribution in [-0.2, 0) is 24.4 Å². The molecule has 0 saturated carbocycles. The molecule has 0 aromatic heterocycles. The second kappa shape index (κ2) is 10.1. The maximum absolute atomic E-state index is 12.3. The quantitative estimate of drug-likeness (QED) is 0.760. The van der Waals surface area contributed by atoms with Crippen molar-refractivity contribution in [3.63, 3.8) is 0 Å². The molecule has 2 amide bonds. The maximum atomic E-state index is 12.3. The molecule has 0 aliphatic carbocycles. The molecule has 1 aliphatic rings. The van der Waals surface area contributed by atoms with Crippen molar-refractivity contribution in [3.05, 3.63) is 69.2 Å². The van der Waals surface area contributed by atoms with Crippen LogP contribution in [0, 0.1) is 0 Å². The monoisotopic (exact) mass is 421 g/mol. The molecule has 0 spiro atoms. The fourth-order valence-corrected chi connectivity index (χ4v) is 3.40. The first-order chi connectivity index (χ1) is 13.5. The van der Waals surface area contributed by atoms with Crippen molar-refractivity contribution in [2.24, 2.45) is 0 Å². The summed E-state index contributed by atoms with van der Waals surface area (Å²) in [4.78, 5) is 16.3. The molecule has 1 heterocycles. The zero-order valence-corrected chi connectivity index (χ0v) is 17.5. The molecule has 7 heteroatoms. The number of carbonyl (C=O) groups excluding carboxylic acids is 1. The number of halogens is 2. The highest BCUT2D eigenvalue weighted by molar-refractivity contribution is 6.42. The number of hydrogen-bond donors (Lipinski definition) is 1. The van der Waals surface area contributed by atoms with Crippen LogP contribution in [0.15, 0.2) is 42.5 Å².